The third kappa shape index (κ3) is 3.66. The first-order valence-electron chi connectivity index (χ1n) is 6.34. The first-order chi connectivity index (χ1) is 9.69. The molecule has 0 saturated carbocycles. The predicted octanol–water partition coefficient (Wildman–Crippen LogP) is 2.12. The van der Waals surface area contributed by atoms with Crippen LogP contribution in [0.25, 0.3) is 0 Å². The maximum Gasteiger partial charge on any atom is 0.224 e. The van der Waals surface area contributed by atoms with E-state index in [1.54, 1.807) is 36.7 Å². The average Bonchev–Trinajstić information content (AvgIpc) is 2.47. The molecule has 0 radical (unpaired) electrons. The number of aryl methyl sites for hydroxylation is 1. The van der Waals surface area contributed by atoms with Crippen LogP contribution in [-0.4, -0.2) is 10.9 Å². The molecule has 0 aliphatic carbocycles. The molecule has 1 aromatic carbocycles. The van der Waals surface area contributed by atoms with Crippen molar-refractivity contribution in [3.8, 4) is 6.07 Å². The molecule has 0 unspecified atom stereocenters. The Balaban J connectivity index is 1.89. The van der Waals surface area contributed by atoms with Gasteiger partial charge in [-0.2, -0.15) is 5.26 Å². The molecular weight excluding hydrogens is 250 g/mol. The van der Waals surface area contributed by atoms with Crippen LogP contribution in [0.4, 0.5) is 0 Å². The Morgan fingerprint density at radius 2 is 2.05 bits per heavy atom. The Labute approximate surface area is 118 Å². The number of aromatic nitrogens is 1. The van der Waals surface area contributed by atoms with Crippen LogP contribution in [0.3, 0.4) is 0 Å². The SMILES string of the molecule is Cc1ccncc1CNC(=O)Cc1ccc(C#N)cc1. The maximum atomic E-state index is 11.9. The van der Waals surface area contributed by atoms with E-state index < -0.39 is 0 Å². The van der Waals surface area contributed by atoms with Gasteiger partial charge in [-0.05, 0) is 41.8 Å². The normalized spacial score (nSPS) is 9.80. The van der Waals surface area contributed by atoms with Crippen LogP contribution in [0.5, 0.6) is 0 Å². The second-order valence-electron chi connectivity index (χ2n) is 4.56. The summed E-state index contributed by atoms with van der Waals surface area (Å²) in [5.74, 6) is -0.0436. The first-order valence-corrected chi connectivity index (χ1v) is 6.34. The van der Waals surface area contributed by atoms with Gasteiger partial charge in [-0.15, -0.1) is 0 Å². The fraction of sp³-hybridized carbons (Fsp3) is 0.188. The van der Waals surface area contributed by atoms with Gasteiger partial charge in [0.25, 0.3) is 0 Å². The number of benzene rings is 1. The van der Waals surface area contributed by atoms with E-state index in [-0.39, 0.29) is 5.91 Å². The number of carbonyl (C=O) groups excluding carboxylic acids is 1. The van der Waals surface area contributed by atoms with Crippen molar-refractivity contribution in [1.29, 1.82) is 5.26 Å². The lowest BCUT2D eigenvalue weighted by atomic mass is 10.1. The summed E-state index contributed by atoms with van der Waals surface area (Å²) in [4.78, 5) is 15.9. The minimum atomic E-state index is -0.0436. The van der Waals surface area contributed by atoms with Gasteiger partial charge in [0.15, 0.2) is 0 Å². The van der Waals surface area contributed by atoms with Gasteiger partial charge in [-0.3, -0.25) is 9.78 Å². The molecule has 0 aliphatic heterocycles. The molecule has 0 atom stereocenters. The van der Waals surface area contributed by atoms with Gasteiger partial charge >= 0.3 is 0 Å². The summed E-state index contributed by atoms with van der Waals surface area (Å²) in [6.45, 7) is 2.47. The van der Waals surface area contributed by atoms with Crippen molar-refractivity contribution in [1.82, 2.24) is 10.3 Å². The molecule has 0 aliphatic rings. The lowest BCUT2D eigenvalue weighted by molar-refractivity contribution is -0.120. The van der Waals surface area contributed by atoms with Gasteiger partial charge < -0.3 is 5.32 Å². The third-order valence-electron chi connectivity index (χ3n) is 3.07. The number of nitrogens with zero attached hydrogens (tertiary/aromatic N) is 2. The largest absolute Gasteiger partial charge is 0.352 e. The van der Waals surface area contributed by atoms with Crippen LogP contribution in [0.2, 0.25) is 0 Å². The minimum Gasteiger partial charge on any atom is -0.352 e. The number of nitriles is 1. The molecular formula is C16H15N3O. The van der Waals surface area contributed by atoms with Crippen molar-refractivity contribution in [2.24, 2.45) is 0 Å². The van der Waals surface area contributed by atoms with E-state index in [0.717, 1.165) is 16.7 Å². The molecule has 1 heterocycles. The van der Waals surface area contributed by atoms with Crippen LogP contribution in [-0.2, 0) is 17.8 Å². The molecule has 1 amide bonds. The monoisotopic (exact) mass is 265 g/mol. The Morgan fingerprint density at radius 3 is 2.70 bits per heavy atom. The van der Waals surface area contributed by atoms with E-state index in [1.807, 2.05) is 13.0 Å². The Kier molecular flexibility index (Phi) is 4.46. The van der Waals surface area contributed by atoms with Gasteiger partial charge in [-0.1, -0.05) is 12.1 Å². The van der Waals surface area contributed by atoms with E-state index >= 15 is 0 Å². The molecule has 1 aromatic heterocycles. The van der Waals surface area contributed by atoms with Gasteiger partial charge in [0.2, 0.25) is 5.91 Å². The third-order valence-corrected chi connectivity index (χ3v) is 3.07. The number of amides is 1. The summed E-state index contributed by atoms with van der Waals surface area (Å²) in [6.07, 6.45) is 3.81. The first kappa shape index (κ1) is 13.8. The van der Waals surface area contributed by atoms with Gasteiger partial charge in [-0.25, -0.2) is 0 Å². The number of carbonyl (C=O) groups is 1. The van der Waals surface area contributed by atoms with E-state index in [1.165, 1.54) is 0 Å². The van der Waals surface area contributed by atoms with Crippen LogP contribution in [0.1, 0.15) is 22.3 Å². The fourth-order valence-corrected chi connectivity index (χ4v) is 1.82. The van der Waals surface area contributed by atoms with Gasteiger partial charge in [0.1, 0.15) is 0 Å². The summed E-state index contributed by atoms with van der Waals surface area (Å²) >= 11 is 0. The summed E-state index contributed by atoms with van der Waals surface area (Å²) in [7, 11) is 0. The second-order valence-corrected chi connectivity index (χ2v) is 4.56. The summed E-state index contributed by atoms with van der Waals surface area (Å²) in [5.41, 5.74) is 3.61. The molecule has 2 aromatic rings. The van der Waals surface area contributed by atoms with E-state index in [2.05, 4.69) is 16.4 Å². The highest BCUT2D eigenvalue weighted by Crippen LogP contribution is 2.06. The van der Waals surface area contributed by atoms with Crippen molar-refractivity contribution in [2.75, 3.05) is 0 Å². The van der Waals surface area contributed by atoms with Crippen LogP contribution < -0.4 is 5.32 Å². The van der Waals surface area contributed by atoms with Crippen molar-refractivity contribution in [3.05, 3.63) is 65.0 Å². The Hall–Kier alpha value is -2.67. The average molecular weight is 265 g/mol. The Bertz CT molecular complexity index is 642. The smallest absolute Gasteiger partial charge is 0.224 e. The number of rotatable bonds is 4. The van der Waals surface area contributed by atoms with E-state index in [4.69, 9.17) is 5.26 Å². The Morgan fingerprint density at radius 1 is 1.30 bits per heavy atom. The molecule has 4 nitrogen and oxygen atoms in total. The summed E-state index contributed by atoms with van der Waals surface area (Å²) in [5, 5.41) is 11.6. The quantitative estimate of drug-likeness (QED) is 0.920. The number of pyridine rings is 1. The topological polar surface area (TPSA) is 65.8 Å². The van der Waals surface area contributed by atoms with Crippen molar-refractivity contribution in [2.45, 2.75) is 19.9 Å². The zero-order chi connectivity index (χ0) is 14.4. The molecule has 4 heteroatoms. The highest BCUT2D eigenvalue weighted by atomic mass is 16.1. The molecule has 0 saturated heterocycles. The lowest BCUT2D eigenvalue weighted by Crippen LogP contribution is -2.24. The van der Waals surface area contributed by atoms with Crippen LogP contribution in [0, 0.1) is 18.3 Å². The zero-order valence-electron chi connectivity index (χ0n) is 11.3. The molecule has 100 valence electrons. The highest BCUT2D eigenvalue weighted by molar-refractivity contribution is 5.78. The molecule has 0 fully saturated rings. The van der Waals surface area contributed by atoms with Crippen molar-refractivity contribution >= 4 is 5.91 Å². The zero-order valence-corrected chi connectivity index (χ0v) is 11.3. The molecule has 20 heavy (non-hydrogen) atoms. The second kappa shape index (κ2) is 6.48. The van der Waals surface area contributed by atoms with Crippen molar-refractivity contribution < 1.29 is 4.79 Å². The van der Waals surface area contributed by atoms with Crippen LogP contribution >= 0.6 is 0 Å². The molecule has 0 spiro atoms. The minimum absolute atomic E-state index is 0.0436. The predicted molar refractivity (Wildman–Crippen MR) is 75.7 cm³/mol. The van der Waals surface area contributed by atoms with Crippen LogP contribution in [0.15, 0.2) is 42.7 Å². The fourth-order valence-electron chi connectivity index (χ4n) is 1.82. The standard InChI is InChI=1S/C16H15N3O/c1-12-6-7-18-10-15(12)11-19-16(20)8-13-2-4-14(9-17)5-3-13/h2-7,10H,8,11H2,1H3,(H,19,20). The lowest BCUT2D eigenvalue weighted by Gasteiger charge is -2.07. The highest BCUT2D eigenvalue weighted by Gasteiger charge is 2.04. The molecule has 1 N–H and O–H groups in total. The van der Waals surface area contributed by atoms with E-state index in [9.17, 15) is 4.79 Å². The number of hydrogen-bond acceptors (Lipinski definition) is 3. The van der Waals surface area contributed by atoms with E-state index in [0.29, 0.717) is 18.5 Å². The summed E-state index contributed by atoms with van der Waals surface area (Å²) in [6, 6.07) is 11.0. The number of nitrogens with one attached hydrogen (secondary N) is 1. The number of hydrogen-bond donors (Lipinski definition) is 1. The summed E-state index contributed by atoms with van der Waals surface area (Å²) < 4.78 is 0. The van der Waals surface area contributed by atoms with Gasteiger partial charge in [0.05, 0.1) is 18.1 Å². The maximum absolute atomic E-state index is 11.9. The van der Waals surface area contributed by atoms with Gasteiger partial charge in [0, 0.05) is 18.9 Å². The van der Waals surface area contributed by atoms with Crippen molar-refractivity contribution in [3.63, 3.8) is 0 Å². The molecule has 2 rings (SSSR count). The molecule has 0 bridgehead atoms.